The SMILES string of the molecule is O=C(O)c1nc2ccc(Cl)cc2c(-c2cccc(Cl)c2)c1C1CC1. The number of fused-ring (bicyclic) bond motifs is 1. The number of hydrogen-bond acceptors (Lipinski definition) is 2. The molecule has 0 unspecified atom stereocenters. The van der Waals surface area contributed by atoms with E-state index in [0.29, 0.717) is 15.6 Å². The highest BCUT2D eigenvalue weighted by atomic mass is 35.5. The van der Waals surface area contributed by atoms with Gasteiger partial charge < -0.3 is 5.11 Å². The van der Waals surface area contributed by atoms with Gasteiger partial charge in [-0.1, -0.05) is 35.3 Å². The van der Waals surface area contributed by atoms with Crippen molar-refractivity contribution in [2.24, 2.45) is 0 Å². The van der Waals surface area contributed by atoms with E-state index in [1.54, 1.807) is 18.2 Å². The van der Waals surface area contributed by atoms with Gasteiger partial charge in [-0.2, -0.15) is 0 Å². The standard InChI is InChI=1S/C19H13Cl2NO2/c20-12-3-1-2-11(8-12)16-14-9-13(21)6-7-15(14)22-18(19(23)24)17(16)10-4-5-10/h1-3,6-10H,4-5H2,(H,23,24). The normalized spacial score (nSPS) is 14.1. The summed E-state index contributed by atoms with van der Waals surface area (Å²) in [5, 5.41) is 11.7. The minimum Gasteiger partial charge on any atom is -0.477 e. The van der Waals surface area contributed by atoms with Gasteiger partial charge in [-0.15, -0.1) is 0 Å². The molecule has 24 heavy (non-hydrogen) atoms. The van der Waals surface area contributed by atoms with Crippen LogP contribution < -0.4 is 0 Å². The number of hydrogen-bond donors (Lipinski definition) is 1. The van der Waals surface area contributed by atoms with Crippen LogP contribution in [-0.4, -0.2) is 16.1 Å². The van der Waals surface area contributed by atoms with Crippen LogP contribution in [0.3, 0.4) is 0 Å². The number of benzene rings is 2. The van der Waals surface area contributed by atoms with E-state index in [1.807, 2.05) is 24.3 Å². The molecule has 0 atom stereocenters. The van der Waals surface area contributed by atoms with Crippen LogP contribution in [0.4, 0.5) is 0 Å². The Morgan fingerprint density at radius 1 is 1.08 bits per heavy atom. The molecule has 3 aromatic rings. The average Bonchev–Trinajstić information content (AvgIpc) is 3.37. The Morgan fingerprint density at radius 3 is 2.50 bits per heavy atom. The fourth-order valence-corrected chi connectivity index (χ4v) is 3.50. The Bertz CT molecular complexity index is 981. The molecule has 1 aromatic heterocycles. The average molecular weight is 358 g/mol. The number of pyridine rings is 1. The van der Waals surface area contributed by atoms with E-state index < -0.39 is 5.97 Å². The zero-order valence-electron chi connectivity index (χ0n) is 12.6. The molecule has 0 amide bonds. The summed E-state index contributed by atoms with van der Waals surface area (Å²) in [6, 6.07) is 12.8. The summed E-state index contributed by atoms with van der Waals surface area (Å²) < 4.78 is 0. The van der Waals surface area contributed by atoms with Crippen molar-refractivity contribution >= 4 is 40.1 Å². The third kappa shape index (κ3) is 2.64. The first-order chi connectivity index (χ1) is 11.5. The van der Waals surface area contributed by atoms with Gasteiger partial charge in [-0.05, 0) is 65.8 Å². The van der Waals surface area contributed by atoms with E-state index in [0.717, 1.165) is 34.9 Å². The quantitative estimate of drug-likeness (QED) is 0.645. The summed E-state index contributed by atoms with van der Waals surface area (Å²) >= 11 is 12.4. The first-order valence-electron chi connectivity index (χ1n) is 7.67. The largest absolute Gasteiger partial charge is 0.477 e. The molecule has 2 aromatic carbocycles. The highest BCUT2D eigenvalue weighted by Crippen LogP contribution is 2.48. The molecule has 5 heteroatoms. The molecule has 4 rings (SSSR count). The van der Waals surface area contributed by atoms with Crippen molar-refractivity contribution < 1.29 is 9.90 Å². The molecule has 0 aliphatic heterocycles. The lowest BCUT2D eigenvalue weighted by atomic mass is 9.91. The van der Waals surface area contributed by atoms with Crippen LogP contribution in [0.25, 0.3) is 22.0 Å². The zero-order chi connectivity index (χ0) is 16.8. The van der Waals surface area contributed by atoms with Crippen LogP contribution in [0.2, 0.25) is 10.0 Å². The zero-order valence-corrected chi connectivity index (χ0v) is 14.1. The Balaban J connectivity index is 2.16. The van der Waals surface area contributed by atoms with Gasteiger partial charge >= 0.3 is 5.97 Å². The van der Waals surface area contributed by atoms with Crippen LogP contribution in [0.1, 0.15) is 34.8 Å². The summed E-state index contributed by atoms with van der Waals surface area (Å²) in [7, 11) is 0. The number of aromatic nitrogens is 1. The summed E-state index contributed by atoms with van der Waals surface area (Å²) in [4.78, 5) is 16.2. The molecule has 1 fully saturated rings. The van der Waals surface area contributed by atoms with Gasteiger partial charge in [-0.3, -0.25) is 0 Å². The maximum absolute atomic E-state index is 11.8. The predicted octanol–water partition coefficient (Wildman–Crippen LogP) is 5.78. The number of halogens is 2. The molecule has 120 valence electrons. The highest BCUT2D eigenvalue weighted by molar-refractivity contribution is 6.32. The summed E-state index contributed by atoms with van der Waals surface area (Å²) in [5.74, 6) is -0.780. The molecule has 0 bridgehead atoms. The summed E-state index contributed by atoms with van der Waals surface area (Å²) in [6.45, 7) is 0. The maximum atomic E-state index is 11.8. The molecule has 1 N–H and O–H groups in total. The second-order valence-electron chi connectivity index (χ2n) is 6.00. The lowest BCUT2D eigenvalue weighted by Gasteiger charge is -2.16. The van der Waals surface area contributed by atoms with E-state index in [4.69, 9.17) is 23.2 Å². The third-order valence-electron chi connectivity index (χ3n) is 4.29. The van der Waals surface area contributed by atoms with E-state index in [-0.39, 0.29) is 11.6 Å². The molecule has 1 aliphatic rings. The van der Waals surface area contributed by atoms with Gasteiger partial charge in [0.15, 0.2) is 5.69 Å². The number of aromatic carboxylic acids is 1. The first kappa shape index (κ1) is 15.4. The highest BCUT2D eigenvalue weighted by Gasteiger charge is 2.33. The Morgan fingerprint density at radius 2 is 1.83 bits per heavy atom. The van der Waals surface area contributed by atoms with E-state index >= 15 is 0 Å². The van der Waals surface area contributed by atoms with Crippen molar-refractivity contribution in [3.05, 3.63) is 63.8 Å². The number of carbonyl (C=O) groups is 1. The number of rotatable bonds is 3. The second kappa shape index (κ2) is 5.76. The minimum absolute atomic E-state index is 0.127. The van der Waals surface area contributed by atoms with Crippen LogP contribution in [-0.2, 0) is 0 Å². The fraction of sp³-hybridized carbons (Fsp3) is 0.158. The van der Waals surface area contributed by atoms with Gasteiger partial charge in [0, 0.05) is 15.4 Å². The van der Waals surface area contributed by atoms with Crippen molar-refractivity contribution in [1.29, 1.82) is 0 Å². The molecule has 0 radical (unpaired) electrons. The molecule has 0 saturated heterocycles. The molecule has 3 nitrogen and oxygen atoms in total. The van der Waals surface area contributed by atoms with E-state index in [9.17, 15) is 9.90 Å². The van der Waals surface area contributed by atoms with Gasteiger partial charge in [0.05, 0.1) is 5.52 Å². The van der Waals surface area contributed by atoms with Crippen molar-refractivity contribution in [3.8, 4) is 11.1 Å². The van der Waals surface area contributed by atoms with E-state index in [2.05, 4.69) is 4.98 Å². The molecule has 1 aliphatic carbocycles. The van der Waals surface area contributed by atoms with Crippen molar-refractivity contribution in [2.75, 3.05) is 0 Å². The molecular formula is C19H13Cl2NO2. The topological polar surface area (TPSA) is 50.2 Å². The Labute approximate surface area is 148 Å². The van der Waals surface area contributed by atoms with Crippen LogP contribution in [0.15, 0.2) is 42.5 Å². The summed E-state index contributed by atoms with van der Waals surface area (Å²) in [6.07, 6.45) is 1.95. The predicted molar refractivity (Wildman–Crippen MR) is 96.1 cm³/mol. The van der Waals surface area contributed by atoms with Crippen molar-refractivity contribution in [3.63, 3.8) is 0 Å². The third-order valence-corrected chi connectivity index (χ3v) is 4.76. The number of nitrogens with zero attached hydrogens (tertiary/aromatic N) is 1. The second-order valence-corrected chi connectivity index (χ2v) is 6.87. The minimum atomic E-state index is -1.00. The Kier molecular flexibility index (Phi) is 3.70. The van der Waals surface area contributed by atoms with Crippen LogP contribution in [0.5, 0.6) is 0 Å². The van der Waals surface area contributed by atoms with Crippen LogP contribution >= 0.6 is 23.2 Å². The van der Waals surface area contributed by atoms with Crippen molar-refractivity contribution in [1.82, 2.24) is 4.98 Å². The van der Waals surface area contributed by atoms with Gasteiger partial charge in [0.25, 0.3) is 0 Å². The van der Waals surface area contributed by atoms with Gasteiger partial charge in [-0.25, -0.2) is 9.78 Å². The monoisotopic (exact) mass is 357 g/mol. The molecule has 0 spiro atoms. The molecular weight excluding hydrogens is 345 g/mol. The lowest BCUT2D eigenvalue weighted by molar-refractivity contribution is 0.0689. The van der Waals surface area contributed by atoms with Gasteiger partial charge in [0.1, 0.15) is 0 Å². The Hall–Kier alpha value is -2.10. The fourth-order valence-electron chi connectivity index (χ4n) is 3.14. The summed E-state index contributed by atoms with van der Waals surface area (Å²) in [5.41, 5.74) is 3.31. The lowest BCUT2D eigenvalue weighted by Crippen LogP contribution is -2.08. The van der Waals surface area contributed by atoms with Gasteiger partial charge in [0.2, 0.25) is 0 Å². The van der Waals surface area contributed by atoms with Crippen molar-refractivity contribution in [2.45, 2.75) is 18.8 Å². The molecule has 1 heterocycles. The molecule has 1 saturated carbocycles. The smallest absolute Gasteiger partial charge is 0.354 e. The number of carboxylic acid groups (broad SMARTS) is 1. The number of carboxylic acids is 1. The first-order valence-corrected chi connectivity index (χ1v) is 8.42. The maximum Gasteiger partial charge on any atom is 0.354 e. The van der Waals surface area contributed by atoms with E-state index in [1.165, 1.54) is 0 Å². The van der Waals surface area contributed by atoms with Crippen LogP contribution in [0, 0.1) is 0 Å².